The highest BCUT2D eigenvalue weighted by molar-refractivity contribution is 7.99. The molecule has 0 spiro atoms. The lowest BCUT2D eigenvalue weighted by Crippen LogP contribution is -2.06. The van der Waals surface area contributed by atoms with E-state index in [9.17, 15) is 9.18 Å². The molecule has 1 aromatic heterocycles. The van der Waals surface area contributed by atoms with E-state index in [1.165, 1.54) is 23.9 Å². The number of rotatable bonds is 9. The quantitative estimate of drug-likeness (QED) is 0.257. The van der Waals surface area contributed by atoms with Gasteiger partial charge in [-0.3, -0.25) is 9.36 Å². The van der Waals surface area contributed by atoms with Crippen LogP contribution >= 0.6 is 11.8 Å². The van der Waals surface area contributed by atoms with Gasteiger partial charge in [-0.05, 0) is 42.0 Å². The van der Waals surface area contributed by atoms with Gasteiger partial charge in [-0.25, -0.2) is 4.39 Å². The smallest absolute Gasteiger partial charge is 0.196 e. The number of methoxy groups -OCH3 is 2. The van der Waals surface area contributed by atoms with Gasteiger partial charge in [0.2, 0.25) is 0 Å². The molecule has 0 aliphatic carbocycles. The van der Waals surface area contributed by atoms with Crippen LogP contribution in [0.15, 0.2) is 78.0 Å². The summed E-state index contributed by atoms with van der Waals surface area (Å²) in [5.74, 6) is 1.78. The Labute approximate surface area is 195 Å². The lowest BCUT2D eigenvalue weighted by molar-refractivity contribution is 0.102. The summed E-state index contributed by atoms with van der Waals surface area (Å²) < 4.78 is 26.1. The molecule has 8 heteroatoms. The van der Waals surface area contributed by atoms with Crippen molar-refractivity contribution in [2.24, 2.45) is 0 Å². The van der Waals surface area contributed by atoms with E-state index in [0.29, 0.717) is 40.2 Å². The topological polar surface area (TPSA) is 66.2 Å². The third-order valence-corrected chi connectivity index (χ3v) is 5.95. The van der Waals surface area contributed by atoms with Crippen molar-refractivity contribution in [3.05, 3.63) is 95.6 Å². The van der Waals surface area contributed by atoms with Gasteiger partial charge in [0.1, 0.15) is 11.6 Å². The Kier molecular flexibility index (Phi) is 7.04. The molecule has 0 fully saturated rings. The molecule has 3 aromatic carbocycles. The van der Waals surface area contributed by atoms with Crippen molar-refractivity contribution in [2.75, 3.05) is 20.0 Å². The van der Waals surface area contributed by atoms with E-state index in [4.69, 9.17) is 9.47 Å². The molecule has 0 radical (unpaired) electrons. The molecule has 1 heterocycles. The molecule has 0 N–H and O–H groups in total. The molecule has 0 aliphatic rings. The Morgan fingerprint density at radius 1 is 0.939 bits per heavy atom. The maximum absolute atomic E-state index is 13.6. The summed E-state index contributed by atoms with van der Waals surface area (Å²) in [7, 11) is 3.17. The van der Waals surface area contributed by atoms with E-state index in [1.807, 2.05) is 41.0 Å². The molecule has 0 saturated carbocycles. The minimum Gasteiger partial charge on any atom is -0.493 e. The van der Waals surface area contributed by atoms with E-state index in [1.54, 1.807) is 38.5 Å². The van der Waals surface area contributed by atoms with Crippen molar-refractivity contribution in [1.82, 2.24) is 14.8 Å². The summed E-state index contributed by atoms with van der Waals surface area (Å²) in [4.78, 5) is 12.6. The highest BCUT2D eigenvalue weighted by Crippen LogP contribution is 2.30. The number of hydrogen-bond donors (Lipinski definition) is 0. The largest absolute Gasteiger partial charge is 0.493 e. The Balaban J connectivity index is 1.64. The van der Waals surface area contributed by atoms with Gasteiger partial charge in [-0.2, -0.15) is 0 Å². The molecule has 0 bridgehead atoms. The number of ketones is 1. The van der Waals surface area contributed by atoms with Crippen molar-refractivity contribution in [3.63, 3.8) is 0 Å². The Hall–Kier alpha value is -3.65. The van der Waals surface area contributed by atoms with Crippen molar-refractivity contribution in [3.8, 4) is 17.2 Å². The summed E-state index contributed by atoms with van der Waals surface area (Å²) in [6, 6.07) is 20.9. The molecule has 6 nitrogen and oxygen atoms in total. The average molecular weight is 464 g/mol. The highest BCUT2D eigenvalue weighted by Gasteiger charge is 2.18. The van der Waals surface area contributed by atoms with E-state index >= 15 is 0 Å². The standard InChI is InChI=1S/C25H22FN3O3S/c1-31-22-13-8-17(14-23(22)32-2)15-24-27-28-25(29(24)20-11-9-19(26)10-12-20)33-16-21(30)18-6-4-3-5-7-18/h3-14H,15-16H2,1-2H3. The summed E-state index contributed by atoms with van der Waals surface area (Å²) >= 11 is 1.30. The number of benzene rings is 3. The first-order valence-electron chi connectivity index (χ1n) is 10.2. The zero-order valence-electron chi connectivity index (χ0n) is 18.2. The van der Waals surface area contributed by atoms with Crippen LogP contribution in [0, 0.1) is 5.82 Å². The number of aromatic nitrogens is 3. The van der Waals surface area contributed by atoms with Crippen molar-refractivity contribution < 1.29 is 18.7 Å². The lowest BCUT2D eigenvalue weighted by atomic mass is 10.1. The fourth-order valence-electron chi connectivity index (χ4n) is 3.37. The van der Waals surface area contributed by atoms with Gasteiger partial charge in [0.15, 0.2) is 22.4 Å². The number of hydrogen-bond acceptors (Lipinski definition) is 6. The molecule has 4 aromatic rings. The predicted octanol–water partition coefficient (Wildman–Crippen LogP) is 4.99. The number of ether oxygens (including phenoxy) is 2. The first kappa shape index (κ1) is 22.5. The number of carbonyl (C=O) groups excluding carboxylic acids is 1. The second-order valence-corrected chi connectivity index (χ2v) is 8.10. The molecule has 33 heavy (non-hydrogen) atoms. The first-order chi connectivity index (χ1) is 16.1. The molecule has 4 rings (SSSR count). The van der Waals surface area contributed by atoms with Gasteiger partial charge < -0.3 is 9.47 Å². The minimum absolute atomic E-state index is 0.00398. The van der Waals surface area contributed by atoms with Crippen LogP contribution < -0.4 is 9.47 Å². The average Bonchev–Trinajstić information content (AvgIpc) is 3.25. The van der Waals surface area contributed by atoms with Gasteiger partial charge >= 0.3 is 0 Å². The molecule has 0 amide bonds. The van der Waals surface area contributed by atoms with Crippen molar-refractivity contribution in [1.29, 1.82) is 0 Å². The van der Waals surface area contributed by atoms with Gasteiger partial charge in [0, 0.05) is 17.7 Å². The molecule has 0 unspecified atom stereocenters. The van der Waals surface area contributed by atoms with Gasteiger partial charge in [0.05, 0.1) is 20.0 Å². The number of carbonyl (C=O) groups is 1. The van der Waals surface area contributed by atoms with E-state index in [0.717, 1.165) is 5.56 Å². The maximum atomic E-state index is 13.6. The molecular formula is C25H22FN3O3S. The van der Waals surface area contributed by atoms with Crippen molar-refractivity contribution >= 4 is 17.5 Å². The number of halogens is 1. The van der Waals surface area contributed by atoms with Crippen LogP contribution in [-0.2, 0) is 6.42 Å². The number of nitrogens with zero attached hydrogens (tertiary/aromatic N) is 3. The first-order valence-corrected chi connectivity index (χ1v) is 11.2. The monoisotopic (exact) mass is 463 g/mol. The zero-order valence-corrected chi connectivity index (χ0v) is 19.0. The summed E-state index contributed by atoms with van der Waals surface area (Å²) in [5.41, 5.74) is 2.30. The van der Waals surface area contributed by atoms with Crippen LogP contribution in [0.4, 0.5) is 4.39 Å². The fourth-order valence-corrected chi connectivity index (χ4v) is 4.23. The van der Waals surface area contributed by atoms with Gasteiger partial charge in [-0.1, -0.05) is 48.2 Å². The third-order valence-electron chi connectivity index (χ3n) is 5.02. The van der Waals surface area contributed by atoms with E-state index < -0.39 is 0 Å². The van der Waals surface area contributed by atoms with Crippen LogP contribution in [0.25, 0.3) is 5.69 Å². The molecule has 168 valence electrons. The second-order valence-electron chi connectivity index (χ2n) is 7.15. The predicted molar refractivity (Wildman–Crippen MR) is 125 cm³/mol. The Morgan fingerprint density at radius 2 is 1.67 bits per heavy atom. The number of thioether (sulfide) groups is 1. The SMILES string of the molecule is COc1ccc(Cc2nnc(SCC(=O)c3ccccc3)n2-c2ccc(F)cc2)cc1OC. The fraction of sp³-hybridized carbons (Fsp3) is 0.160. The van der Waals surface area contributed by atoms with E-state index in [2.05, 4.69) is 10.2 Å². The highest BCUT2D eigenvalue weighted by atomic mass is 32.2. The molecule has 0 aliphatic heterocycles. The second kappa shape index (κ2) is 10.3. The van der Waals surface area contributed by atoms with Crippen LogP contribution in [0.1, 0.15) is 21.7 Å². The number of Topliss-reactive ketones (excluding diaryl/α,β-unsaturated/α-hetero) is 1. The van der Waals surface area contributed by atoms with Crippen LogP contribution in [0.5, 0.6) is 11.5 Å². The summed E-state index contributed by atoms with van der Waals surface area (Å²) in [5, 5.41) is 9.26. The summed E-state index contributed by atoms with van der Waals surface area (Å²) in [6.45, 7) is 0. The van der Waals surface area contributed by atoms with Gasteiger partial charge in [0.25, 0.3) is 0 Å². The van der Waals surface area contributed by atoms with Gasteiger partial charge in [-0.15, -0.1) is 10.2 Å². The Bertz CT molecular complexity index is 1240. The Morgan fingerprint density at radius 3 is 2.36 bits per heavy atom. The molecule has 0 atom stereocenters. The zero-order chi connectivity index (χ0) is 23.2. The summed E-state index contributed by atoms with van der Waals surface area (Å²) in [6.07, 6.45) is 0.456. The minimum atomic E-state index is -0.332. The third kappa shape index (κ3) is 5.23. The maximum Gasteiger partial charge on any atom is 0.196 e. The van der Waals surface area contributed by atoms with Crippen LogP contribution in [0.2, 0.25) is 0 Å². The molecular weight excluding hydrogens is 441 g/mol. The normalized spacial score (nSPS) is 10.8. The molecule has 0 saturated heterocycles. The lowest BCUT2D eigenvalue weighted by Gasteiger charge is -2.12. The van der Waals surface area contributed by atoms with Crippen LogP contribution in [0.3, 0.4) is 0 Å². The van der Waals surface area contributed by atoms with Crippen molar-refractivity contribution in [2.45, 2.75) is 11.6 Å². The van der Waals surface area contributed by atoms with E-state index in [-0.39, 0.29) is 17.4 Å². The van der Waals surface area contributed by atoms with Crippen LogP contribution in [-0.4, -0.2) is 40.5 Å².